The Morgan fingerprint density at radius 1 is 0.875 bits per heavy atom. The third-order valence-electron chi connectivity index (χ3n) is 10.9. The molecule has 0 amide bonds. The molecule has 0 spiro atoms. The van der Waals surface area contributed by atoms with Gasteiger partial charge in [-0.1, -0.05) is 6.07 Å². The van der Waals surface area contributed by atoms with Crippen molar-refractivity contribution in [1.82, 2.24) is 5.32 Å². The second-order valence-corrected chi connectivity index (χ2v) is 15.0. The van der Waals surface area contributed by atoms with E-state index in [0.29, 0.717) is 5.56 Å². The van der Waals surface area contributed by atoms with Crippen molar-refractivity contribution >= 4 is 41.6 Å². The van der Waals surface area contributed by atoms with Crippen LogP contribution in [0.3, 0.4) is 0 Å². The summed E-state index contributed by atoms with van der Waals surface area (Å²) in [5, 5.41) is 118. The van der Waals surface area contributed by atoms with Crippen molar-refractivity contribution in [1.29, 1.82) is 0 Å². The van der Waals surface area contributed by atoms with Gasteiger partial charge in [0.2, 0.25) is 6.29 Å². The zero-order chi connectivity index (χ0) is 46.7. The lowest BCUT2D eigenvalue weighted by atomic mass is 9.97. The Morgan fingerprint density at radius 3 is 2.23 bits per heavy atom. The first-order chi connectivity index (χ1) is 30.3. The fourth-order valence-electron chi connectivity index (χ4n) is 7.59. The molecule has 1 unspecified atom stereocenters. The Bertz CT molecular complexity index is 2230. The van der Waals surface area contributed by atoms with Crippen LogP contribution in [-0.4, -0.2) is 175 Å². The summed E-state index contributed by atoms with van der Waals surface area (Å²) in [6.45, 7) is -1.06. The largest absolute Gasteiger partial charge is 0.544 e. The van der Waals surface area contributed by atoms with E-state index < -0.39 is 127 Å². The van der Waals surface area contributed by atoms with E-state index in [9.17, 15) is 80.1 Å². The van der Waals surface area contributed by atoms with E-state index in [4.69, 9.17) is 28.4 Å². The van der Waals surface area contributed by atoms with Crippen molar-refractivity contribution in [2.75, 3.05) is 20.3 Å². The lowest BCUT2D eigenvalue weighted by molar-refractivity contribution is -0.840. The number of esters is 1. The third-order valence-corrected chi connectivity index (χ3v) is 10.9. The van der Waals surface area contributed by atoms with Crippen molar-refractivity contribution in [2.45, 2.75) is 86.3 Å². The summed E-state index contributed by atoms with van der Waals surface area (Å²) in [6, 6.07) is 3.82. The maximum Gasteiger partial charge on any atom is 0.351 e. The average molecular weight is 905 g/mol. The van der Waals surface area contributed by atoms with Gasteiger partial charge in [0.25, 0.3) is 0 Å². The molecule has 4 aliphatic rings. The molecule has 0 saturated carbocycles. The maximum absolute atomic E-state index is 13.0. The number of aromatic hydroxyl groups is 2. The van der Waals surface area contributed by atoms with Gasteiger partial charge >= 0.3 is 23.9 Å². The van der Waals surface area contributed by atoms with Crippen LogP contribution in [0.15, 0.2) is 59.8 Å². The lowest BCUT2D eigenvalue weighted by Gasteiger charge is -2.46. The number of carboxylic acid groups (broad SMARTS) is 4. The molecule has 6 rings (SSSR count). The Labute approximate surface area is 360 Å². The smallest absolute Gasteiger partial charge is 0.351 e. The quantitative estimate of drug-likeness (QED) is 0.0588. The first-order valence-electron chi connectivity index (χ1n) is 19.3. The molecule has 12 N–H and O–H groups in total. The van der Waals surface area contributed by atoms with Crippen molar-refractivity contribution in [3.8, 4) is 23.0 Å². The molecule has 4 aliphatic heterocycles. The molecular formula is C40H44N2O22. The standard InChI is InChI=1S/C40H44N2O22/c1-59-24-10-15(2-4-22(24)44)3-5-27(46)62-33-31(50)30(49)32(38(57)58)63-40(33)64-34-29(48)28(47)26(14-43)61-39(34)60-25-12-17-11-21(37(55)56)42(20(17)13-23(25)45)7-6-16-8-18(35(51)52)41-19(9-16)36(53)54/h2-6,8,10,12-13,19,21,26,28-34,39-41,43-45,47-50H,7,9,11,14H2,1H3,(H,51,52)(H,53,54)(H,55,56)(H,57,58)/b5-3+,16-6-/t19-,21-,26+,28+,29-,30-,31-,32-,33+,34+,39+,40-/m0/s1. The van der Waals surface area contributed by atoms with Gasteiger partial charge in [-0.25, -0.2) is 19.2 Å². The van der Waals surface area contributed by atoms with Crippen molar-refractivity contribution in [3.63, 3.8) is 0 Å². The van der Waals surface area contributed by atoms with E-state index >= 15 is 0 Å². The summed E-state index contributed by atoms with van der Waals surface area (Å²) in [7, 11) is 1.29. The molecule has 0 aromatic heterocycles. The van der Waals surface area contributed by atoms with Crippen LogP contribution in [0.1, 0.15) is 17.5 Å². The van der Waals surface area contributed by atoms with E-state index in [2.05, 4.69) is 5.32 Å². The Morgan fingerprint density at radius 2 is 1.59 bits per heavy atom. The van der Waals surface area contributed by atoms with Gasteiger partial charge < -0.3 is 94.7 Å². The molecule has 24 nitrogen and oxygen atoms in total. The lowest BCUT2D eigenvalue weighted by Crippen LogP contribution is -3.11. The third kappa shape index (κ3) is 10.0. The van der Waals surface area contributed by atoms with Crippen LogP contribution in [0.5, 0.6) is 23.0 Å². The minimum atomic E-state index is -2.22. The van der Waals surface area contributed by atoms with E-state index in [-0.39, 0.29) is 52.6 Å². The number of hydrogen-bond acceptors (Lipinski definition) is 20. The van der Waals surface area contributed by atoms with E-state index in [1.807, 2.05) is 0 Å². The average Bonchev–Trinajstić information content (AvgIpc) is 3.61. The Hall–Kier alpha value is -6.35. The number of methoxy groups -OCH3 is 1. The van der Waals surface area contributed by atoms with Gasteiger partial charge in [-0.2, -0.15) is 0 Å². The highest BCUT2D eigenvalue weighted by Gasteiger charge is 2.54. The predicted molar refractivity (Wildman–Crippen MR) is 204 cm³/mol. The first kappa shape index (κ1) is 47.1. The van der Waals surface area contributed by atoms with Gasteiger partial charge in [0.05, 0.1) is 13.7 Å². The number of fused-ring (bicyclic) bond motifs is 1. The van der Waals surface area contributed by atoms with Gasteiger partial charge in [-0.15, -0.1) is 0 Å². The van der Waals surface area contributed by atoms with Crippen LogP contribution in [0.4, 0.5) is 5.69 Å². The minimum Gasteiger partial charge on any atom is -0.544 e. The van der Waals surface area contributed by atoms with Gasteiger partial charge in [-0.3, -0.25) is 4.90 Å². The van der Waals surface area contributed by atoms with Gasteiger partial charge in [0.15, 0.2) is 47.6 Å². The molecule has 0 aliphatic carbocycles. The molecular weight excluding hydrogens is 860 g/mol. The van der Waals surface area contributed by atoms with E-state index in [1.165, 1.54) is 49.6 Å². The second-order valence-electron chi connectivity index (χ2n) is 15.0. The fourth-order valence-corrected chi connectivity index (χ4v) is 7.59. The highest BCUT2D eigenvalue weighted by Crippen LogP contribution is 2.38. The molecule has 2 fully saturated rings. The van der Waals surface area contributed by atoms with E-state index in [0.717, 1.165) is 12.1 Å². The number of allylic oxidation sites excluding steroid dienone is 1. The highest BCUT2D eigenvalue weighted by molar-refractivity contribution is 5.89. The van der Waals surface area contributed by atoms with Gasteiger partial charge in [-0.05, 0) is 47.6 Å². The number of carboxylic acids is 4. The number of aliphatic carboxylic acids is 4. The minimum absolute atomic E-state index is 0.0629. The van der Waals surface area contributed by atoms with E-state index in [1.54, 1.807) is 0 Å². The van der Waals surface area contributed by atoms with Crippen LogP contribution in [0.2, 0.25) is 0 Å². The van der Waals surface area contributed by atoms with Crippen molar-refractivity contribution in [3.05, 3.63) is 71.0 Å². The molecule has 346 valence electrons. The number of aliphatic hydroxyl groups is 5. The van der Waals surface area contributed by atoms with Gasteiger partial charge in [0, 0.05) is 30.5 Å². The number of hydrogen-bond donors (Lipinski definition) is 12. The van der Waals surface area contributed by atoms with Crippen LogP contribution in [-0.2, 0) is 49.3 Å². The van der Waals surface area contributed by atoms with Crippen LogP contribution < -0.4 is 24.8 Å². The molecule has 0 bridgehead atoms. The SMILES string of the molecule is COc1cc(/C=C/C(=O)O[C@H]2[C@H](O[C@H]3[C@H](Oc4cc5c(cc4O)[NH+](C/C=C4/C=C(C(=O)O)N[C@H](C(=O)O)C4)[C@H](C(=O)[O-])C5)O[C@H](CO)[C@@H](O)[C@@H]3O)O[C@H](C(=O)O)[C@@H](O)[C@@H]2O)ccc1O. The fraction of sp³-hybridized carbons (Fsp3) is 0.425. The highest BCUT2D eigenvalue weighted by atomic mass is 16.8. The molecule has 64 heavy (non-hydrogen) atoms. The summed E-state index contributed by atoms with van der Waals surface area (Å²) in [6.07, 6.45) is -16.1. The van der Waals surface area contributed by atoms with Gasteiger partial charge in [0.1, 0.15) is 66.5 Å². The molecule has 0 radical (unpaired) electrons. The summed E-state index contributed by atoms with van der Waals surface area (Å²) in [4.78, 5) is 60.9. The number of carbonyl (C=O) groups excluding carboxylic acids is 2. The number of phenolic OH excluding ortho intramolecular Hbond substituents is 2. The summed E-state index contributed by atoms with van der Waals surface area (Å²) in [5.41, 5.74) is 0.690. The number of rotatable bonds is 15. The Balaban J connectivity index is 1.27. The van der Waals surface area contributed by atoms with Crippen LogP contribution in [0, 0.1) is 0 Å². The van der Waals surface area contributed by atoms with Crippen molar-refractivity contribution in [2.24, 2.45) is 0 Å². The molecule has 2 aromatic rings. The summed E-state index contributed by atoms with van der Waals surface area (Å²) >= 11 is 0. The summed E-state index contributed by atoms with van der Waals surface area (Å²) in [5.74, 6) is -8.48. The zero-order valence-electron chi connectivity index (χ0n) is 33.3. The van der Waals surface area contributed by atoms with Crippen LogP contribution >= 0.6 is 0 Å². The number of phenols is 2. The van der Waals surface area contributed by atoms with Crippen molar-refractivity contribution < 1.29 is 113 Å². The first-order valence-corrected chi connectivity index (χ1v) is 19.3. The monoisotopic (exact) mass is 904 g/mol. The second kappa shape index (κ2) is 19.6. The molecule has 2 aromatic carbocycles. The zero-order valence-corrected chi connectivity index (χ0v) is 33.3. The maximum atomic E-state index is 13.0. The number of benzene rings is 2. The molecule has 24 heteroatoms. The molecule has 2 saturated heterocycles. The number of aliphatic hydroxyl groups excluding tert-OH is 5. The van der Waals surface area contributed by atoms with Crippen LogP contribution in [0.25, 0.3) is 6.08 Å². The predicted octanol–water partition coefficient (Wildman–Crippen LogP) is -5.00. The summed E-state index contributed by atoms with van der Waals surface area (Å²) < 4.78 is 33.2. The number of ether oxygens (including phenoxy) is 6. The topological polar surface area (TPSA) is 383 Å². The number of quaternary nitrogens is 1. The number of nitrogens with one attached hydrogen (secondary N) is 2. The number of carbonyl (C=O) groups is 5. The molecule has 4 heterocycles. The molecule has 13 atom stereocenters. The Kier molecular flexibility index (Phi) is 14.4. The normalized spacial score (nSPS) is 31.9.